The van der Waals surface area contributed by atoms with Crippen LogP contribution in [0.5, 0.6) is 0 Å². The Morgan fingerprint density at radius 2 is 0.653 bits per heavy atom. The zero-order valence-corrected chi connectivity index (χ0v) is 56.1. The molecule has 1 aliphatic carbocycles. The first-order valence-corrected chi connectivity index (χ1v) is 34.3. The Labute approximate surface area is 577 Å². The molecule has 466 valence electrons. The summed E-state index contributed by atoms with van der Waals surface area (Å²) in [6.45, 7) is 13.4. The van der Waals surface area contributed by atoms with Crippen LogP contribution in [-0.2, 0) is 16.2 Å². The Morgan fingerprint density at radius 1 is 0.296 bits per heavy atom. The Hall–Kier alpha value is -11.8. The van der Waals surface area contributed by atoms with Crippen LogP contribution in [0.3, 0.4) is 0 Å². The highest BCUT2D eigenvalue weighted by Gasteiger charge is 2.50. The third-order valence-electron chi connectivity index (χ3n) is 20.9. The lowest BCUT2D eigenvalue weighted by Gasteiger charge is -2.46. The van der Waals surface area contributed by atoms with E-state index in [9.17, 15) is 5.26 Å². The minimum absolute atomic E-state index is 0.0363. The highest BCUT2D eigenvalue weighted by molar-refractivity contribution is 7.00. The molecule has 0 unspecified atom stereocenters. The Balaban J connectivity index is 0.973. The lowest BCUT2D eigenvalue weighted by molar-refractivity contribution is 0.590. The molecule has 2 aliphatic heterocycles. The molecular formula is C94H72BN3. The maximum absolute atomic E-state index is 10.4. The van der Waals surface area contributed by atoms with Crippen LogP contribution in [0.1, 0.15) is 80.5 Å². The minimum atomic E-state index is -0.737. The van der Waals surface area contributed by atoms with E-state index in [-0.39, 0.29) is 17.5 Å². The maximum Gasteiger partial charge on any atom is 0.252 e. The second kappa shape index (κ2) is 23.6. The number of anilines is 6. The molecular weight excluding hydrogens is 1180 g/mol. The van der Waals surface area contributed by atoms with Gasteiger partial charge in [-0.05, 0) is 217 Å². The summed E-state index contributed by atoms with van der Waals surface area (Å²) in [5.41, 5.74) is 33.7. The summed E-state index contributed by atoms with van der Waals surface area (Å²) < 4.78 is 0. The van der Waals surface area contributed by atoms with Crippen LogP contribution in [0.4, 0.5) is 34.1 Å². The fourth-order valence-corrected chi connectivity index (χ4v) is 15.9. The summed E-state index contributed by atoms with van der Waals surface area (Å²) in [5, 5.41) is 10.4. The van der Waals surface area contributed by atoms with Gasteiger partial charge in [-0.1, -0.05) is 290 Å². The second-order valence-corrected chi connectivity index (χ2v) is 28.8. The molecule has 2 heterocycles. The van der Waals surface area contributed by atoms with Crippen LogP contribution in [0.25, 0.3) is 77.9 Å². The van der Waals surface area contributed by atoms with E-state index in [1.54, 1.807) is 0 Å². The lowest BCUT2D eigenvalue weighted by Crippen LogP contribution is -2.61. The highest BCUT2D eigenvalue weighted by Crippen LogP contribution is 2.58. The molecule has 17 rings (SSSR count). The van der Waals surface area contributed by atoms with Gasteiger partial charge in [0.25, 0.3) is 6.71 Å². The van der Waals surface area contributed by atoms with Gasteiger partial charge in [-0.15, -0.1) is 0 Å². The van der Waals surface area contributed by atoms with Gasteiger partial charge in [-0.3, -0.25) is 0 Å². The summed E-state index contributed by atoms with van der Waals surface area (Å²) in [6.07, 6.45) is 0. The Morgan fingerprint density at radius 3 is 1.09 bits per heavy atom. The predicted octanol–water partition coefficient (Wildman–Crippen LogP) is 22.6. The molecule has 98 heavy (non-hydrogen) atoms. The molecule has 0 fully saturated rings. The quantitative estimate of drug-likeness (QED) is 0.128. The van der Waals surface area contributed by atoms with Gasteiger partial charge in [-0.2, -0.15) is 5.26 Å². The highest BCUT2D eigenvalue weighted by atomic mass is 15.2. The van der Waals surface area contributed by atoms with E-state index in [2.05, 4.69) is 367 Å². The molecule has 0 saturated heterocycles. The zero-order chi connectivity index (χ0) is 66.4. The van der Waals surface area contributed by atoms with Gasteiger partial charge in [-0.25, -0.2) is 0 Å². The van der Waals surface area contributed by atoms with E-state index < -0.39 is 5.41 Å². The largest absolute Gasteiger partial charge is 0.311 e. The van der Waals surface area contributed by atoms with E-state index in [0.717, 1.165) is 78.6 Å². The van der Waals surface area contributed by atoms with Crippen molar-refractivity contribution in [2.24, 2.45) is 0 Å². The van der Waals surface area contributed by atoms with E-state index in [0.29, 0.717) is 5.56 Å². The van der Waals surface area contributed by atoms with Gasteiger partial charge >= 0.3 is 0 Å². The number of nitriles is 1. The van der Waals surface area contributed by atoms with E-state index in [1.807, 2.05) is 18.2 Å². The molecule has 0 amide bonds. The van der Waals surface area contributed by atoms with Crippen LogP contribution < -0.4 is 26.2 Å². The van der Waals surface area contributed by atoms with Gasteiger partial charge < -0.3 is 9.80 Å². The number of fused-ring (bicyclic) bond motifs is 7. The molecule has 0 bridgehead atoms. The summed E-state index contributed by atoms with van der Waals surface area (Å²) in [7, 11) is 0. The first-order chi connectivity index (χ1) is 47.8. The number of benzene rings is 14. The van der Waals surface area contributed by atoms with E-state index in [1.165, 1.54) is 83.1 Å². The van der Waals surface area contributed by atoms with Crippen molar-refractivity contribution in [2.45, 2.75) is 57.8 Å². The van der Waals surface area contributed by atoms with Crippen molar-refractivity contribution >= 4 is 57.2 Å². The number of rotatable bonds is 10. The van der Waals surface area contributed by atoms with Crippen LogP contribution in [0, 0.1) is 11.3 Å². The van der Waals surface area contributed by atoms with Gasteiger partial charge in [0.05, 0.1) is 17.0 Å². The van der Waals surface area contributed by atoms with Gasteiger partial charge in [0.15, 0.2) is 0 Å². The van der Waals surface area contributed by atoms with Crippen LogP contribution >= 0.6 is 0 Å². The van der Waals surface area contributed by atoms with Crippen molar-refractivity contribution in [3.8, 4) is 84.0 Å². The fraction of sp³-hybridized carbons (Fsp3) is 0.0957. The lowest BCUT2D eigenvalue weighted by atomic mass is 9.33. The molecule has 3 nitrogen and oxygen atoms in total. The van der Waals surface area contributed by atoms with Crippen molar-refractivity contribution < 1.29 is 0 Å². The molecule has 0 N–H and O–H groups in total. The molecule has 14 aromatic rings. The van der Waals surface area contributed by atoms with Crippen LogP contribution in [0.2, 0.25) is 0 Å². The van der Waals surface area contributed by atoms with Crippen molar-refractivity contribution in [3.05, 3.63) is 367 Å². The van der Waals surface area contributed by atoms with Crippen molar-refractivity contribution in [1.82, 2.24) is 0 Å². The number of hydrogen-bond donors (Lipinski definition) is 0. The molecule has 0 atom stereocenters. The van der Waals surface area contributed by atoms with Crippen LogP contribution in [0.15, 0.2) is 328 Å². The third-order valence-corrected chi connectivity index (χ3v) is 20.9. The SMILES string of the molecule is CC(C)(C)c1ccc(-c2ccc(N3c4ccc(-c5cccc(C#N)c5)cc4B4c5cc(-c6cc(-c7ccccc7)cc(-c7ccccc7)c6)ccc5N(c5ccc(-c6ccc(C(C)(C)C)cc6)cc5)c5cc(C6(c7ccccc7)c7ccccc7-c7ccccc76)cc3c54)cc2)cc1. The summed E-state index contributed by atoms with van der Waals surface area (Å²) >= 11 is 0. The second-order valence-electron chi connectivity index (χ2n) is 28.8. The molecule has 0 saturated carbocycles. The topological polar surface area (TPSA) is 30.3 Å². The van der Waals surface area contributed by atoms with Gasteiger partial charge in [0, 0.05) is 34.1 Å². The molecule has 14 aromatic carbocycles. The zero-order valence-electron chi connectivity index (χ0n) is 56.1. The monoisotopic (exact) mass is 1250 g/mol. The normalized spacial score (nSPS) is 13.2. The standard InChI is InChI=1S/C94H72BN3/c1-92(2,3)75-43-33-65(34-44-75)67-37-47-79(48-38-67)97-87-51-41-70(69-26-20-21-62(53-69)61-96)57-85(87)95-86-58-71(74-55-72(63-22-10-7-11-23-63)54-73(56-74)64-24-12-8-13-25-64)42-52-88(86)98(80-49-39-68(40-50-80)66-35-45-76(46-36-66)93(4,5)6)90-60-78(59-89(97)91(90)95)94(77-27-14-9-15-28-77)83-31-18-16-29-81(83)82-30-17-19-32-84(82)94/h7-60H,1-6H3. The van der Waals surface area contributed by atoms with Crippen LogP contribution in [-0.4, -0.2) is 6.71 Å². The maximum atomic E-state index is 10.4. The van der Waals surface area contributed by atoms with Crippen molar-refractivity contribution in [2.75, 3.05) is 9.80 Å². The average Bonchev–Trinajstić information content (AvgIpc) is 1.17. The van der Waals surface area contributed by atoms with Crippen molar-refractivity contribution in [3.63, 3.8) is 0 Å². The molecule has 0 radical (unpaired) electrons. The summed E-state index contributed by atoms with van der Waals surface area (Å²) in [5.74, 6) is 0. The molecule has 3 aliphatic rings. The first-order valence-electron chi connectivity index (χ1n) is 34.3. The average molecular weight is 1250 g/mol. The van der Waals surface area contributed by atoms with Gasteiger partial charge in [0.1, 0.15) is 0 Å². The molecule has 4 heteroatoms. The van der Waals surface area contributed by atoms with E-state index in [4.69, 9.17) is 0 Å². The number of nitrogens with zero attached hydrogens (tertiary/aromatic N) is 3. The predicted molar refractivity (Wildman–Crippen MR) is 412 cm³/mol. The Bertz CT molecular complexity index is 5320. The summed E-state index contributed by atoms with van der Waals surface area (Å²) in [4.78, 5) is 5.15. The molecule has 0 aromatic heterocycles. The minimum Gasteiger partial charge on any atom is -0.311 e. The van der Waals surface area contributed by atoms with E-state index >= 15 is 0 Å². The molecule has 0 spiro atoms. The number of hydrogen-bond acceptors (Lipinski definition) is 3. The Kier molecular flexibility index (Phi) is 14.4. The smallest absolute Gasteiger partial charge is 0.252 e. The van der Waals surface area contributed by atoms with Crippen molar-refractivity contribution in [1.29, 1.82) is 5.26 Å². The fourth-order valence-electron chi connectivity index (χ4n) is 15.9. The van der Waals surface area contributed by atoms with Gasteiger partial charge in [0.2, 0.25) is 0 Å². The third kappa shape index (κ3) is 10.1. The first kappa shape index (κ1) is 59.9. The summed E-state index contributed by atoms with van der Waals surface area (Å²) in [6, 6.07) is 125.